The van der Waals surface area contributed by atoms with Crippen molar-refractivity contribution < 1.29 is 9.21 Å². The van der Waals surface area contributed by atoms with Crippen molar-refractivity contribution in [2.75, 3.05) is 18.9 Å². The molecule has 0 saturated carbocycles. The van der Waals surface area contributed by atoms with Gasteiger partial charge in [0.05, 0.1) is 18.8 Å². The van der Waals surface area contributed by atoms with E-state index in [-0.39, 0.29) is 12.5 Å². The number of rotatable bonds is 6. The number of anilines is 1. The summed E-state index contributed by atoms with van der Waals surface area (Å²) in [4.78, 5) is 22.0. The highest BCUT2D eigenvalue weighted by Crippen LogP contribution is 2.30. The van der Waals surface area contributed by atoms with Gasteiger partial charge in [-0.15, -0.1) is 11.3 Å². The number of fused-ring (bicyclic) bond motifs is 1. The van der Waals surface area contributed by atoms with Gasteiger partial charge in [0.15, 0.2) is 5.13 Å². The highest BCUT2D eigenvalue weighted by Gasteiger charge is 2.13. The van der Waals surface area contributed by atoms with Gasteiger partial charge in [-0.2, -0.15) is 0 Å². The van der Waals surface area contributed by atoms with E-state index in [4.69, 9.17) is 4.42 Å². The number of hydrogen-bond acceptors (Lipinski definition) is 5. The first-order valence-electron chi connectivity index (χ1n) is 8.64. The van der Waals surface area contributed by atoms with Crippen LogP contribution >= 0.6 is 11.3 Å². The predicted octanol–water partition coefficient (Wildman–Crippen LogP) is 4.26. The Morgan fingerprint density at radius 1 is 1.30 bits per heavy atom. The second-order valence-corrected chi connectivity index (χ2v) is 7.38. The van der Waals surface area contributed by atoms with Crippen molar-refractivity contribution in [1.29, 1.82) is 0 Å². The van der Waals surface area contributed by atoms with Gasteiger partial charge in [-0.3, -0.25) is 9.69 Å². The number of H-pyrrole nitrogens is 1. The van der Waals surface area contributed by atoms with Crippen molar-refractivity contribution in [3.05, 3.63) is 59.5 Å². The number of aryl methyl sites for hydroxylation is 1. The lowest BCUT2D eigenvalue weighted by Gasteiger charge is -2.13. The van der Waals surface area contributed by atoms with Crippen molar-refractivity contribution in [3.8, 4) is 11.3 Å². The van der Waals surface area contributed by atoms with Crippen LogP contribution in [0.1, 0.15) is 11.5 Å². The molecular weight excluding hydrogens is 360 g/mol. The fraction of sp³-hybridized carbons (Fsp3) is 0.200. The van der Waals surface area contributed by atoms with Gasteiger partial charge in [-0.25, -0.2) is 4.98 Å². The zero-order valence-electron chi connectivity index (χ0n) is 15.2. The molecule has 7 heteroatoms. The molecule has 0 saturated heterocycles. The number of hydrogen-bond donors (Lipinski definition) is 2. The molecular formula is C20H20N4O2S. The van der Waals surface area contributed by atoms with Gasteiger partial charge in [0.2, 0.25) is 5.91 Å². The molecule has 0 fully saturated rings. The molecule has 4 rings (SSSR count). The molecule has 0 aliphatic rings. The molecule has 0 spiro atoms. The first-order chi connectivity index (χ1) is 13.1. The van der Waals surface area contributed by atoms with Crippen molar-refractivity contribution in [2.45, 2.75) is 13.5 Å². The van der Waals surface area contributed by atoms with Crippen LogP contribution in [-0.4, -0.2) is 34.4 Å². The van der Waals surface area contributed by atoms with Gasteiger partial charge in [0.1, 0.15) is 11.5 Å². The van der Waals surface area contributed by atoms with Crippen LogP contribution in [0.5, 0.6) is 0 Å². The number of para-hydroxylation sites is 1. The summed E-state index contributed by atoms with van der Waals surface area (Å²) in [6.07, 6.45) is 1.95. The van der Waals surface area contributed by atoms with Crippen LogP contribution in [0.4, 0.5) is 5.13 Å². The molecule has 4 aromatic rings. The fourth-order valence-corrected chi connectivity index (χ4v) is 3.76. The lowest BCUT2D eigenvalue weighted by molar-refractivity contribution is -0.117. The molecule has 0 aliphatic carbocycles. The summed E-state index contributed by atoms with van der Waals surface area (Å²) in [7, 11) is 1.89. The molecule has 3 heterocycles. The summed E-state index contributed by atoms with van der Waals surface area (Å²) >= 11 is 1.43. The largest absolute Gasteiger partial charge is 0.465 e. The average Bonchev–Trinajstić information content (AvgIpc) is 3.34. The van der Waals surface area contributed by atoms with Gasteiger partial charge in [-0.05, 0) is 32.2 Å². The number of likely N-dealkylation sites (N-methyl/N-ethyl adjacent to an activating group) is 1. The topological polar surface area (TPSA) is 74.2 Å². The minimum Gasteiger partial charge on any atom is -0.465 e. The first-order valence-corrected chi connectivity index (χ1v) is 9.52. The number of thiazole rings is 1. The molecule has 1 aromatic carbocycles. The Balaban J connectivity index is 1.39. The molecule has 138 valence electrons. The fourth-order valence-electron chi connectivity index (χ4n) is 3.03. The molecule has 0 unspecified atom stereocenters. The Labute approximate surface area is 160 Å². The van der Waals surface area contributed by atoms with Crippen molar-refractivity contribution >= 4 is 33.3 Å². The Bertz CT molecular complexity index is 1080. The molecule has 27 heavy (non-hydrogen) atoms. The number of carbonyl (C=O) groups is 1. The summed E-state index contributed by atoms with van der Waals surface area (Å²) in [5.74, 6) is 1.62. The molecule has 6 nitrogen and oxygen atoms in total. The quantitative estimate of drug-likeness (QED) is 0.524. The summed E-state index contributed by atoms with van der Waals surface area (Å²) in [6.45, 7) is 2.76. The molecule has 0 radical (unpaired) electrons. The minimum atomic E-state index is -0.0967. The molecule has 3 aromatic heterocycles. The molecule has 2 N–H and O–H groups in total. The van der Waals surface area contributed by atoms with E-state index in [9.17, 15) is 4.79 Å². The number of aromatic amines is 1. The number of aromatic nitrogens is 2. The normalized spacial score (nSPS) is 11.4. The lowest BCUT2D eigenvalue weighted by atomic mass is 10.1. The third-order valence-electron chi connectivity index (χ3n) is 4.25. The predicted molar refractivity (Wildman–Crippen MR) is 108 cm³/mol. The van der Waals surface area contributed by atoms with Crippen LogP contribution in [0.15, 0.2) is 52.4 Å². The zero-order chi connectivity index (χ0) is 18.8. The number of nitrogens with zero attached hydrogens (tertiary/aromatic N) is 2. The van der Waals surface area contributed by atoms with Gasteiger partial charge in [0.25, 0.3) is 0 Å². The zero-order valence-corrected chi connectivity index (χ0v) is 16.0. The van der Waals surface area contributed by atoms with E-state index in [1.54, 1.807) is 0 Å². The van der Waals surface area contributed by atoms with Gasteiger partial charge in [0, 0.05) is 28.0 Å². The van der Waals surface area contributed by atoms with E-state index >= 15 is 0 Å². The van der Waals surface area contributed by atoms with Crippen LogP contribution < -0.4 is 5.32 Å². The molecule has 1 amide bonds. The van der Waals surface area contributed by atoms with E-state index in [0.29, 0.717) is 11.7 Å². The summed E-state index contributed by atoms with van der Waals surface area (Å²) in [6, 6.07) is 11.9. The van der Waals surface area contributed by atoms with E-state index in [2.05, 4.69) is 21.4 Å². The maximum Gasteiger partial charge on any atom is 0.240 e. The molecule has 0 aliphatic heterocycles. The Morgan fingerprint density at radius 3 is 2.96 bits per heavy atom. The van der Waals surface area contributed by atoms with Crippen LogP contribution in [0.25, 0.3) is 22.2 Å². The highest BCUT2D eigenvalue weighted by atomic mass is 32.1. The standard InChI is InChI=1S/C20H20N4O2S/c1-13-7-8-14(26-13)10-24(2)11-19(25)23-20-22-18(12-27-20)16-9-21-17-6-4-3-5-15(16)17/h3-9,12,21H,10-11H2,1-2H3,(H,22,23,25). The average molecular weight is 380 g/mol. The number of carbonyl (C=O) groups excluding carboxylic acids is 1. The van der Waals surface area contributed by atoms with Gasteiger partial charge in [-0.1, -0.05) is 18.2 Å². The van der Waals surface area contributed by atoms with E-state index < -0.39 is 0 Å². The van der Waals surface area contributed by atoms with Crippen molar-refractivity contribution in [1.82, 2.24) is 14.9 Å². The van der Waals surface area contributed by atoms with E-state index in [0.717, 1.165) is 33.7 Å². The van der Waals surface area contributed by atoms with E-state index in [1.807, 2.05) is 60.8 Å². The third kappa shape index (κ3) is 3.94. The SMILES string of the molecule is Cc1ccc(CN(C)CC(=O)Nc2nc(-c3c[nH]c4ccccc34)cs2)o1. The minimum absolute atomic E-state index is 0.0967. The number of nitrogens with one attached hydrogen (secondary N) is 2. The van der Waals surface area contributed by atoms with Gasteiger partial charge < -0.3 is 14.7 Å². The third-order valence-corrected chi connectivity index (χ3v) is 5.01. The van der Waals surface area contributed by atoms with E-state index in [1.165, 1.54) is 11.3 Å². The maximum absolute atomic E-state index is 12.3. The lowest BCUT2D eigenvalue weighted by Crippen LogP contribution is -2.29. The molecule has 0 bridgehead atoms. The number of benzene rings is 1. The summed E-state index contributed by atoms with van der Waals surface area (Å²) in [5.41, 5.74) is 2.96. The maximum atomic E-state index is 12.3. The highest BCUT2D eigenvalue weighted by molar-refractivity contribution is 7.14. The Kier molecular flexibility index (Phi) is 4.79. The second-order valence-electron chi connectivity index (χ2n) is 6.52. The first kappa shape index (κ1) is 17.5. The smallest absolute Gasteiger partial charge is 0.240 e. The number of furan rings is 1. The van der Waals surface area contributed by atoms with Crippen LogP contribution in [0.3, 0.4) is 0 Å². The number of amides is 1. The summed E-state index contributed by atoms with van der Waals surface area (Å²) in [5, 5.41) is 6.56. The van der Waals surface area contributed by atoms with Gasteiger partial charge >= 0.3 is 0 Å². The Morgan fingerprint density at radius 2 is 2.15 bits per heavy atom. The Hall–Kier alpha value is -2.90. The van der Waals surface area contributed by atoms with Crippen molar-refractivity contribution in [3.63, 3.8) is 0 Å². The second kappa shape index (κ2) is 7.38. The van der Waals surface area contributed by atoms with Crippen LogP contribution in [0.2, 0.25) is 0 Å². The monoisotopic (exact) mass is 380 g/mol. The summed E-state index contributed by atoms with van der Waals surface area (Å²) < 4.78 is 5.55. The van der Waals surface area contributed by atoms with Crippen molar-refractivity contribution in [2.24, 2.45) is 0 Å². The molecule has 0 atom stereocenters. The van der Waals surface area contributed by atoms with Crippen LogP contribution in [-0.2, 0) is 11.3 Å². The van der Waals surface area contributed by atoms with Crippen LogP contribution in [0, 0.1) is 6.92 Å².